The minimum Gasteiger partial charge on any atom is -0.342 e. The third-order valence-electron chi connectivity index (χ3n) is 3.74. The molecule has 3 nitrogen and oxygen atoms in total. The molecular weight excluding hydrogens is 200 g/mol. The number of amides is 1. The van der Waals surface area contributed by atoms with Crippen molar-refractivity contribution in [1.82, 2.24) is 4.90 Å². The Balaban J connectivity index is 2.54. The van der Waals surface area contributed by atoms with E-state index < -0.39 is 5.92 Å². The van der Waals surface area contributed by atoms with Gasteiger partial charge in [-0.15, -0.1) is 0 Å². The van der Waals surface area contributed by atoms with Crippen molar-refractivity contribution in [2.24, 2.45) is 11.8 Å². The van der Waals surface area contributed by atoms with Gasteiger partial charge in [-0.3, -0.25) is 4.79 Å². The Morgan fingerprint density at radius 2 is 2.00 bits per heavy atom. The molecule has 16 heavy (non-hydrogen) atoms. The van der Waals surface area contributed by atoms with Gasteiger partial charge in [0.2, 0.25) is 5.91 Å². The number of rotatable bonds is 3. The van der Waals surface area contributed by atoms with Gasteiger partial charge in [-0.1, -0.05) is 13.8 Å². The van der Waals surface area contributed by atoms with Crippen LogP contribution in [0.4, 0.5) is 0 Å². The van der Waals surface area contributed by atoms with Crippen molar-refractivity contribution < 1.29 is 4.79 Å². The van der Waals surface area contributed by atoms with E-state index in [1.165, 1.54) is 12.8 Å². The smallest absolute Gasteiger partial charge is 0.239 e. The maximum atomic E-state index is 12.0. The Morgan fingerprint density at radius 3 is 2.44 bits per heavy atom. The molecule has 1 rings (SSSR count). The summed E-state index contributed by atoms with van der Waals surface area (Å²) in [6, 6.07) is 2.44. The van der Waals surface area contributed by atoms with E-state index in [1.54, 1.807) is 0 Å². The summed E-state index contributed by atoms with van der Waals surface area (Å²) in [6.45, 7) is 4.16. The highest BCUT2D eigenvalue weighted by Gasteiger charge is 2.28. The summed E-state index contributed by atoms with van der Waals surface area (Å²) in [7, 11) is 1.85. The molecule has 0 aromatic carbocycles. The van der Waals surface area contributed by atoms with Crippen LogP contribution in [0.25, 0.3) is 0 Å². The fraction of sp³-hybridized carbons (Fsp3) is 0.846. The number of carbonyl (C=O) groups is 1. The topological polar surface area (TPSA) is 44.1 Å². The molecular formula is C13H22N2O. The summed E-state index contributed by atoms with van der Waals surface area (Å²) >= 11 is 0. The van der Waals surface area contributed by atoms with E-state index in [9.17, 15) is 4.79 Å². The highest BCUT2D eigenvalue weighted by molar-refractivity contribution is 5.81. The number of nitrogens with zero attached hydrogens (tertiary/aromatic N) is 2. The first kappa shape index (κ1) is 13.0. The highest BCUT2D eigenvalue weighted by Crippen LogP contribution is 2.27. The van der Waals surface area contributed by atoms with Gasteiger partial charge in [-0.2, -0.15) is 5.26 Å². The molecule has 3 heteroatoms. The maximum Gasteiger partial charge on any atom is 0.239 e. The molecule has 1 aliphatic carbocycles. The molecule has 0 bridgehead atoms. The van der Waals surface area contributed by atoms with E-state index in [2.05, 4.69) is 13.0 Å². The fourth-order valence-electron chi connectivity index (χ4n) is 2.38. The molecule has 0 aliphatic heterocycles. The summed E-state index contributed by atoms with van der Waals surface area (Å²) < 4.78 is 0. The lowest BCUT2D eigenvalue weighted by Crippen LogP contribution is -2.42. The van der Waals surface area contributed by atoms with Crippen molar-refractivity contribution >= 4 is 5.91 Å². The van der Waals surface area contributed by atoms with Crippen LogP contribution in [-0.2, 0) is 4.79 Å². The summed E-state index contributed by atoms with van der Waals surface area (Å²) in [5, 5.41) is 8.89. The zero-order valence-electron chi connectivity index (χ0n) is 10.6. The van der Waals surface area contributed by atoms with Crippen molar-refractivity contribution in [3.8, 4) is 6.07 Å². The molecule has 1 atom stereocenters. The average molecular weight is 222 g/mol. The van der Waals surface area contributed by atoms with E-state index in [0.717, 1.165) is 18.8 Å². The zero-order chi connectivity index (χ0) is 12.1. The van der Waals surface area contributed by atoms with E-state index >= 15 is 0 Å². The molecule has 0 aromatic heterocycles. The minimum atomic E-state index is -0.454. The van der Waals surface area contributed by atoms with Crippen LogP contribution in [0.1, 0.15) is 46.0 Å². The Morgan fingerprint density at radius 1 is 1.44 bits per heavy atom. The third-order valence-corrected chi connectivity index (χ3v) is 3.74. The number of hydrogen-bond donors (Lipinski definition) is 0. The van der Waals surface area contributed by atoms with E-state index in [1.807, 2.05) is 18.9 Å². The quantitative estimate of drug-likeness (QED) is 0.736. The molecule has 0 saturated heterocycles. The summed E-state index contributed by atoms with van der Waals surface area (Å²) in [5.41, 5.74) is 0. The standard InChI is InChI=1S/C13H22N2O/c1-4-11(9-14)13(16)15(3)12-7-5-10(2)6-8-12/h10-12H,4-8H2,1-3H3. The molecule has 90 valence electrons. The van der Waals surface area contributed by atoms with Crippen molar-refractivity contribution in [3.63, 3.8) is 0 Å². The Bertz CT molecular complexity index is 274. The van der Waals surface area contributed by atoms with Gasteiger partial charge in [0.1, 0.15) is 5.92 Å². The maximum absolute atomic E-state index is 12.0. The lowest BCUT2D eigenvalue weighted by atomic mass is 9.86. The van der Waals surface area contributed by atoms with Gasteiger partial charge < -0.3 is 4.90 Å². The van der Waals surface area contributed by atoms with Crippen LogP contribution < -0.4 is 0 Å². The Kier molecular flexibility index (Phi) is 4.79. The first-order valence-corrected chi connectivity index (χ1v) is 6.26. The highest BCUT2D eigenvalue weighted by atomic mass is 16.2. The first-order valence-electron chi connectivity index (χ1n) is 6.26. The average Bonchev–Trinajstić information content (AvgIpc) is 2.30. The first-order chi connectivity index (χ1) is 7.60. The molecule has 1 fully saturated rings. The molecule has 0 aromatic rings. The summed E-state index contributed by atoms with van der Waals surface area (Å²) in [4.78, 5) is 13.8. The van der Waals surface area contributed by atoms with Crippen LogP contribution >= 0.6 is 0 Å². The lowest BCUT2D eigenvalue weighted by Gasteiger charge is -2.34. The largest absolute Gasteiger partial charge is 0.342 e. The second-order valence-corrected chi connectivity index (χ2v) is 4.95. The predicted molar refractivity (Wildman–Crippen MR) is 63.6 cm³/mol. The zero-order valence-corrected chi connectivity index (χ0v) is 10.6. The summed E-state index contributed by atoms with van der Waals surface area (Å²) in [6.07, 6.45) is 5.19. The molecule has 1 unspecified atom stereocenters. The van der Waals surface area contributed by atoms with Crippen LogP contribution in [0, 0.1) is 23.2 Å². The normalized spacial score (nSPS) is 26.9. The van der Waals surface area contributed by atoms with Crippen LogP contribution in [0.2, 0.25) is 0 Å². The van der Waals surface area contributed by atoms with Crippen LogP contribution in [0.3, 0.4) is 0 Å². The second kappa shape index (κ2) is 5.89. The number of hydrogen-bond acceptors (Lipinski definition) is 2. The van der Waals surface area contributed by atoms with Crippen molar-refractivity contribution in [3.05, 3.63) is 0 Å². The van der Waals surface area contributed by atoms with Gasteiger partial charge in [0.05, 0.1) is 6.07 Å². The predicted octanol–water partition coefficient (Wildman–Crippen LogP) is 2.57. The number of nitriles is 1. The monoisotopic (exact) mass is 222 g/mol. The van der Waals surface area contributed by atoms with E-state index in [-0.39, 0.29) is 5.91 Å². The van der Waals surface area contributed by atoms with Gasteiger partial charge in [-0.25, -0.2) is 0 Å². The molecule has 0 spiro atoms. The third kappa shape index (κ3) is 2.98. The van der Waals surface area contributed by atoms with Crippen molar-refractivity contribution in [2.45, 2.75) is 52.0 Å². The minimum absolute atomic E-state index is 0.00422. The van der Waals surface area contributed by atoms with E-state index in [0.29, 0.717) is 12.5 Å². The van der Waals surface area contributed by atoms with E-state index in [4.69, 9.17) is 5.26 Å². The fourth-order valence-corrected chi connectivity index (χ4v) is 2.38. The molecule has 1 saturated carbocycles. The van der Waals surface area contributed by atoms with Gasteiger partial charge in [0.15, 0.2) is 0 Å². The molecule has 0 radical (unpaired) electrons. The van der Waals surface area contributed by atoms with Gasteiger partial charge in [-0.05, 0) is 38.0 Å². The molecule has 1 aliphatic rings. The SMILES string of the molecule is CCC(C#N)C(=O)N(C)C1CCC(C)CC1. The van der Waals surface area contributed by atoms with Gasteiger partial charge in [0, 0.05) is 13.1 Å². The second-order valence-electron chi connectivity index (χ2n) is 4.95. The van der Waals surface area contributed by atoms with Crippen LogP contribution in [-0.4, -0.2) is 23.9 Å². The van der Waals surface area contributed by atoms with Crippen molar-refractivity contribution in [2.75, 3.05) is 7.05 Å². The Labute approximate surface area is 98.4 Å². The summed E-state index contributed by atoms with van der Waals surface area (Å²) in [5.74, 6) is 0.339. The Hall–Kier alpha value is -1.04. The van der Waals surface area contributed by atoms with Gasteiger partial charge >= 0.3 is 0 Å². The molecule has 0 N–H and O–H groups in total. The molecule has 0 heterocycles. The van der Waals surface area contributed by atoms with Crippen molar-refractivity contribution in [1.29, 1.82) is 5.26 Å². The lowest BCUT2D eigenvalue weighted by molar-refractivity contribution is -0.135. The van der Waals surface area contributed by atoms with Gasteiger partial charge in [0.25, 0.3) is 0 Å². The molecule has 1 amide bonds. The van der Waals surface area contributed by atoms with Crippen LogP contribution in [0.15, 0.2) is 0 Å². The van der Waals surface area contributed by atoms with Crippen LogP contribution in [0.5, 0.6) is 0 Å². The number of carbonyl (C=O) groups excluding carboxylic acids is 1.